The van der Waals surface area contributed by atoms with E-state index >= 15 is 0 Å². The van der Waals surface area contributed by atoms with Crippen molar-refractivity contribution in [1.29, 1.82) is 0 Å². The minimum atomic E-state index is -0.394. The van der Waals surface area contributed by atoms with E-state index in [0.717, 1.165) is 25.7 Å². The molecular formula is C13H15BrFNO. The number of amides is 1. The smallest absolute Gasteiger partial charge is 0.252 e. The van der Waals surface area contributed by atoms with E-state index in [2.05, 4.69) is 21.2 Å². The van der Waals surface area contributed by atoms with Crippen LogP contribution in [0.1, 0.15) is 43.0 Å². The number of halogens is 2. The molecule has 0 heterocycles. The van der Waals surface area contributed by atoms with Crippen molar-refractivity contribution in [3.8, 4) is 0 Å². The summed E-state index contributed by atoms with van der Waals surface area (Å²) in [5.41, 5.74) is 0.223. The summed E-state index contributed by atoms with van der Waals surface area (Å²) < 4.78 is 13.7. The summed E-state index contributed by atoms with van der Waals surface area (Å²) in [6.07, 6.45) is 4.26. The molecule has 0 spiro atoms. The molecule has 0 saturated heterocycles. The molecule has 0 aliphatic heterocycles. The number of hydrogen-bond donors (Lipinski definition) is 1. The third-order valence-corrected chi connectivity index (χ3v) is 3.99. The maximum atomic E-state index is 13.1. The highest BCUT2D eigenvalue weighted by Crippen LogP contribution is 2.29. The summed E-state index contributed by atoms with van der Waals surface area (Å²) in [5.74, 6) is -0.601. The lowest BCUT2D eigenvalue weighted by molar-refractivity contribution is 0.0907. The van der Waals surface area contributed by atoms with Gasteiger partial charge in [-0.15, -0.1) is 0 Å². The van der Waals surface area contributed by atoms with E-state index in [9.17, 15) is 9.18 Å². The van der Waals surface area contributed by atoms with Gasteiger partial charge in [0.1, 0.15) is 5.82 Å². The summed E-state index contributed by atoms with van der Waals surface area (Å²) in [6, 6.07) is 4.15. The zero-order chi connectivity index (χ0) is 12.5. The highest BCUT2D eigenvalue weighted by molar-refractivity contribution is 9.10. The number of benzene rings is 1. The molecule has 1 N–H and O–H groups in total. The zero-order valence-electron chi connectivity index (χ0n) is 9.72. The third kappa shape index (κ3) is 2.86. The first-order chi connectivity index (χ1) is 8.00. The largest absolute Gasteiger partial charge is 0.347 e. The van der Waals surface area contributed by atoms with Crippen molar-refractivity contribution < 1.29 is 9.18 Å². The van der Waals surface area contributed by atoms with Crippen LogP contribution in [0.5, 0.6) is 0 Å². The number of hydrogen-bond acceptors (Lipinski definition) is 1. The van der Waals surface area contributed by atoms with Crippen LogP contribution in [0, 0.1) is 5.82 Å². The van der Waals surface area contributed by atoms with Gasteiger partial charge >= 0.3 is 0 Å². The minimum absolute atomic E-state index is 0.136. The molecule has 4 heteroatoms. The van der Waals surface area contributed by atoms with Crippen molar-refractivity contribution in [3.05, 3.63) is 34.1 Å². The monoisotopic (exact) mass is 299 g/mol. The lowest BCUT2D eigenvalue weighted by Crippen LogP contribution is -2.43. The fourth-order valence-electron chi connectivity index (χ4n) is 2.29. The van der Waals surface area contributed by atoms with E-state index in [1.165, 1.54) is 12.1 Å². The molecule has 0 radical (unpaired) electrons. The second kappa shape index (κ2) is 4.77. The molecule has 1 fully saturated rings. The van der Waals surface area contributed by atoms with Gasteiger partial charge in [0.2, 0.25) is 0 Å². The lowest BCUT2D eigenvalue weighted by Gasteiger charge is -2.25. The Hall–Kier alpha value is -0.900. The SMILES string of the molecule is CC1(NC(=O)c2cc(F)ccc2Br)CCCC1. The molecule has 1 amide bonds. The summed E-state index contributed by atoms with van der Waals surface area (Å²) in [5, 5.41) is 3.00. The van der Waals surface area contributed by atoms with Gasteiger partial charge in [-0.3, -0.25) is 4.79 Å². The summed E-state index contributed by atoms with van der Waals surface area (Å²) in [4.78, 5) is 12.1. The molecule has 0 atom stereocenters. The Morgan fingerprint density at radius 1 is 1.41 bits per heavy atom. The van der Waals surface area contributed by atoms with Crippen molar-refractivity contribution in [3.63, 3.8) is 0 Å². The van der Waals surface area contributed by atoms with Gasteiger partial charge in [0.05, 0.1) is 5.56 Å². The number of nitrogens with one attached hydrogen (secondary N) is 1. The molecule has 2 nitrogen and oxygen atoms in total. The molecule has 0 unspecified atom stereocenters. The quantitative estimate of drug-likeness (QED) is 0.887. The fraction of sp³-hybridized carbons (Fsp3) is 0.462. The average Bonchev–Trinajstić information content (AvgIpc) is 2.68. The summed E-state index contributed by atoms with van der Waals surface area (Å²) >= 11 is 3.27. The molecule has 1 saturated carbocycles. The van der Waals surface area contributed by atoms with Crippen LogP contribution in [-0.2, 0) is 0 Å². The number of carbonyl (C=O) groups is 1. The lowest BCUT2D eigenvalue weighted by atomic mass is 10.00. The first-order valence-electron chi connectivity index (χ1n) is 5.78. The van der Waals surface area contributed by atoms with E-state index < -0.39 is 5.82 Å². The Morgan fingerprint density at radius 2 is 2.06 bits per heavy atom. The Labute approximate surface area is 109 Å². The van der Waals surface area contributed by atoms with Gasteiger partial charge in [0.25, 0.3) is 5.91 Å². The van der Waals surface area contributed by atoms with Crippen LogP contribution in [0.25, 0.3) is 0 Å². The van der Waals surface area contributed by atoms with Crippen LogP contribution in [0.3, 0.4) is 0 Å². The standard InChI is InChI=1S/C13H15BrFNO/c1-13(6-2-3-7-13)16-12(17)10-8-9(15)4-5-11(10)14/h4-5,8H,2-3,6-7H2,1H3,(H,16,17). The molecule has 1 aliphatic rings. The van der Waals surface area contributed by atoms with Crippen LogP contribution in [0.15, 0.2) is 22.7 Å². The van der Waals surface area contributed by atoms with Crippen LogP contribution >= 0.6 is 15.9 Å². The van der Waals surface area contributed by atoms with E-state index in [0.29, 0.717) is 10.0 Å². The molecule has 17 heavy (non-hydrogen) atoms. The van der Waals surface area contributed by atoms with Crippen molar-refractivity contribution in [2.24, 2.45) is 0 Å². The Balaban J connectivity index is 2.17. The molecule has 1 aliphatic carbocycles. The highest BCUT2D eigenvalue weighted by Gasteiger charge is 2.30. The maximum Gasteiger partial charge on any atom is 0.252 e. The second-order valence-corrected chi connectivity index (χ2v) is 5.70. The Kier molecular flexibility index (Phi) is 3.52. The number of carbonyl (C=O) groups excluding carboxylic acids is 1. The molecule has 0 bridgehead atoms. The maximum absolute atomic E-state index is 13.1. The predicted molar refractivity (Wildman–Crippen MR) is 68.4 cm³/mol. The molecule has 0 aromatic heterocycles. The fourth-order valence-corrected chi connectivity index (χ4v) is 2.72. The van der Waals surface area contributed by atoms with Gasteiger partial charge in [-0.2, -0.15) is 0 Å². The van der Waals surface area contributed by atoms with Crippen molar-refractivity contribution in [2.45, 2.75) is 38.1 Å². The Bertz CT molecular complexity index is 441. The topological polar surface area (TPSA) is 29.1 Å². The zero-order valence-corrected chi connectivity index (χ0v) is 11.3. The van der Waals surface area contributed by atoms with Crippen molar-refractivity contribution >= 4 is 21.8 Å². The van der Waals surface area contributed by atoms with Gasteiger partial charge in [0, 0.05) is 10.0 Å². The summed E-state index contributed by atoms with van der Waals surface area (Å²) in [6.45, 7) is 2.05. The first-order valence-corrected chi connectivity index (χ1v) is 6.57. The van der Waals surface area contributed by atoms with Gasteiger partial charge < -0.3 is 5.32 Å². The molecule has 1 aromatic rings. The normalized spacial score (nSPS) is 18.1. The highest BCUT2D eigenvalue weighted by atomic mass is 79.9. The van der Waals surface area contributed by atoms with E-state index in [1.54, 1.807) is 6.07 Å². The second-order valence-electron chi connectivity index (χ2n) is 4.85. The van der Waals surface area contributed by atoms with Crippen LogP contribution < -0.4 is 5.32 Å². The number of rotatable bonds is 2. The van der Waals surface area contributed by atoms with Crippen molar-refractivity contribution in [1.82, 2.24) is 5.32 Å². The van der Waals surface area contributed by atoms with Gasteiger partial charge in [-0.05, 0) is 53.9 Å². The van der Waals surface area contributed by atoms with Crippen LogP contribution in [0.4, 0.5) is 4.39 Å². The molecule has 2 rings (SSSR count). The third-order valence-electron chi connectivity index (χ3n) is 3.30. The molecular weight excluding hydrogens is 285 g/mol. The van der Waals surface area contributed by atoms with E-state index in [-0.39, 0.29) is 11.4 Å². The van der Waals surface area contributed by atoms with E-state index in [4.69, 9.17) is 0 Å². The Morgan fingerprint density at radius 3 is 2.71 bits per heavy atom. The van der Waals surface area contributed by atoms with E-state index in [1.807, 2.05) is 6.92 Å². The van der Waals surface area contributed by atoms with Gasteiger partial charge in [0.15, 0.2) is 0 Å². The van der Waals surface area contributed by atoms with Gasteiger partial charge in [-0.1, -0.05) is 12.8 Å². The predicted octanol–water partition coefficient (Wildman–Crippen LogP) is 3.65. The van der Waals surface area contributed by atoms with Crippen LogP contribution in [0.2, 0.25) is 0 Å². The minimum Gasteiger partial charge on any atom is -0.347 e. The van der Waals surface area contributed by atoms with Gasteiger partial charge in [-0.25, -0.2) is 4.39 Å². The summed E-state index contributed by atoms with van der Waals surface area (Å²) in [7, 11) is 0. The average molecular weight is 300 g/mol. The van der Waals surface area contributed by atoms with Crippen molar-refractivity contribution in [2.75, 3.05) is 0 Å². The first kappa shape index (κ1) is 12.6. The molecule has 1 aromatic carbocycles. The molecule has 92 valence electrons. The van der Waals surface area contributed by atoms with Crippen LogP contribution in [-0.4, -0.2) is 11.4 Å².